The molecule has 0 aliphatic carbocycles. The van der Waals surface area contributed by atoms with Crippen molar-refractivity contribution in [2.75, 3.05) is 52.8 Å². The second-order valence-electron chi connectivity index (χ2n) is 5.85. The van der Waals surface area contributed by atoms with E-state index in [9.17, 15) is 5.11 Å². The quantitative estimate of drug-likeness (QED) is 0.684. The fourth-order valence-electron chi connectivity index (χ4n) is 2.62. The first kappa shape index (κ1) is 19.0. The van der Waals surface area contributed by atoms with Crippen molar-refractivity contribution in [3.05, 3.63) is 18.2 Å². The fourth-order valence-corrected chi connectivity index (χ4v) is 3.29. The number of β-amino-alcohol motifs (C(OH)–C–C–N with tert-alkyl or cyclic N) is 1. The molecule has 0 bridgehead atoms. The van der Waals surface area contributed by atoms with Gasteiger partial charge < -0.3 is 23.7 Å². The number of hydrogen-bond acceptors (Lipinski definition) is 9. The Hall–Kier alpha value is -1.81. The molecule has 0 spiro atoms. The highest BCUT2D eigenvalue weighted by atomic mass is 32.2. The first-order valence-electron chi connectivity index (χ1n) is 8.36. The summed E-state index contributed by atoms with van der Waals surface area (Å²) in [6.45, 7) is 3.76. The van der Waals surface area contributed by atoms with Gasteiger partial charge in [0.2, 0.25) is 5.89 Å². The molecule has 1 fully saturated rings. The maximum Gasteiger partial charge on any atom is 0.276 e. The molecule has 0 saturated carbocycles. The zero-order valence-electron chi connectivity index (χ0n) is 14.9. The molecule has 8 nitrogen and oxygen atoms in total. The molecular weight excluding hydrogens is 358 g/mol. The van der Waals surface area contributed by atoms with Crippen LogP contribution in [0.25, 0.3) is 11.5 Å². The molecule has 1 N–H and O–H groups in total. The summed E-state index contributed by atoms with van der Waals surface area (Å²) in [6.07, 6.45) is -0.467. The van der Waals surface area contributed by atoms with Crippen molar-refractivity contribution in [2.24, 2.45) is 0 Å². The fraction of sp³-hybridized carbons (Fsp3) is 0.529. The van der Waals surface area contributed by atoms with Crippen molar-refractivity contribution in [1.82, 2.24) is 15.1 Å². The molecule has 1 aliphatic heterocycles. The standard InChI is InChI=1S/C17H23N3O5S/c1-22-14-7-12(8-15(9-14)23-2)16-18-19-17(25-16)26-11-13(21)10-20-3-5-24-6-4-20/h7-9,13,21H,3-6,10-11H2,1-2H3/t13-/m1/s1. The third-order valence-electron chi connectivity index (χ3n) is 3.98. The van der Waals surface area contributed by atoms with Gasteiger partial charge in [-0.05, 0) is 12.1 Å². The van der Waals surface area contributed by atoms with Crippen molar-refractivity contribution in [3.8, 4) is 23.0 Å². The van der Waals surface area contributed by atoms with Crippen LogP contribution < -0.4 is 9.47 Å². The van der Waals surface area contributed by atoms with E-state index in [2.05, 4.69) is 15.1 Å². The molecule has 142 valence electrons. The van der Waals surface area contributed by atoms with Gasteiger partial charge in [0.05, 0.1) is 33.5 Å². The zero-order valence-corrected chi connectivity index (χ0v) is 15.7. The van der Waals surface area contributed by atoms with E-state index in [0.717, 1.165) is 31.9 Å². The molecule has 1 aliphatic rings. The largest absolute Gasteiger partial charge is 0.497 e. The highest BCUT2D eigenvalue weighted by molar-refractivity contribution is 7.99. The highest BCUT2D eigenvalue weighted by Crippen LogP contribution is 2.30. The lowest BCUT2D eigenvalue weighted by Crippen LogP contribution is -2.41. The highest BCUT2D eigenvalue weighted by Gasteiger charge is 2.17. The molecular formula is C17H23N3O5S. The zero-order chi connectivity index (χ0) is 18.4. The molecule has 1 aromatic heterocycles. The van der Waals surface area contributed by atoms with Crippen LogP contribution in [0.15, 0.2) is 27.8 Å². The van der Waals surface area contributed by atoms with Crippen LogP contribution in [0.5, 0.6) is 11.5 Å². The van der Waals surface area contributed by atoms with Gasteiger partial charge in [0.15, 0.2) is 0 Å². The third-order valence-corrected chi connectivity index (χ3v) is 4.94. The number of rotatable bonds is 8. The molecule has 3 rings (SSSR count). The van der Waals surface area contributed by atoms with Crippen LogP contribution in [0.4, 0.5) is 0 Å². The van der Waals surface area contributed by atoms with Gasteiger partial charge in [-0.1, -0.05) is 11.8 Å². The van der Waals surface area contributed by atoms with E-state index in [1.807, 2.05) is 0 Å². The molecule has 2 aromatic rings. The number of thioether (sulfide) groups is 1. The Kier molecular flexibility index (Phi) is 6.73. The molecule has 0 unspecified atom stereocenters. The topological polar surface area (TPSA) is 90.1 Å². The van der Waals surface area contributed by atoms with E-state index < -0.39 is 6.10 Å². The van der Waals surface area contributed by atoms with Crippen molar-refractivity contribution < 1.29 is 23.7 Å². The SMILES string of the molecule is COc1cc(OC)cc(-c2nnc(SC[C@H](O)CN3CCOCC3)o2)c1. The second-order valence-corrected chi connectivity index (χ2v) is 6.82. The molecule has 0 radical (unpaired) electrons. The summed E-state index contributed by atoms with van der Waals surface area (Å²) in [6, 6.07) is 5.38. The number of nitrogens with zero attached hydrogens (tertiary/aromatic N) is 3. The van der Waals surface area contributed by atoms with Crippen molar-refractivity contribution in [3.63, 3.8) is 0 Å². The van der Waals surface area contributed by atoms with Gasteiger partial charge in [-0.2, -0.15) is 0 Å². The van der Waals surface area contributed by atoms with Crippen molar-refractivity contribution >= 4 is 11.8 Å². The monoisotopic (exact) mass is 381 g/mol. The molecule has 26 heavy (non-hydrogen) atoms. The van der Waals surface area contributed by atoms with Crippen LogP contribution >= 0.6 is 11.8 Å². The Labute approximate surface area is 156 Å². The summed E-state index contributed by atoms with van der Waals surface area (Å²) in [4.78, 5) is 2.19. The lowest BCUT2D eigenvalue weighted by atomic mass is 10.2. The van der Waals surface area contributed by atoms with Crippen LogP contribution in [0.2, 0.25) is 0 Å². The second kappa shape index (κ2) is 9.22. The number of ether oxygens (including phenoxy) is 3. The van der Waals surface area contributed by atoms with Gasteiger partial charge in [-0.3, -0.25) is 4.90 Å². The van der Waals surface area contributed by atoms with Crippen LogP contribution in [-0.2, 0) is 4.74 Å². The average molecular weight is 381 g/mol. The molecule has 9 heteroatoms. The summed E-state index contributed by atoms with van der Waals surface area (Å²) in [5, 5.41) is 18.7. The van der Waals surface area contributed by atoms with E-state index >= 15 is 0 Å². The summed E-state index contributed by atoms with van der Waals surface area (Å²) < 4.78 is 21.5. The summed E-state index contributed by atoms with van der Waals surface area (Å²) in [5.74, 6) is 2.16. The number of hydrogen-bond donors (Lipinski definition) is 1. The Balaban J connectivity index is 1.57. The van der Waals surface area contributed by atoms with Crippen LogP contribution in [-0.4, -0.2) is 79.1 Å². The maximum absolute atomic E-state index is 10.2. The van der Waals surface area contributed by atoms with Gasteiger partial charge in [-0.15, -0.1) is 10.2 Å². The summed E-state index contributed by atoms with van der Waals surface area (Å²) >= 11 is 1.34. The van der Waals surface area contributed by atoms with Gasteiger partial charge in [0, 0.05) is 37.0 Å². The molecule has 1 atom stereocenters. The van der Waals surface area contributed by atoms with E-state index in [1.165, 1.54) is 11.8 Å². The Morgan fingerprint density at radius 3 is 2.50 bits per heavy atom. The van der Waals surface area contributed by atoms with E-state index in [4.69, 9.17) is 18.6 Å². The number of methoxy groups -OCH3 is 2. The Morgan fingerprint density at radius 2 is 1.85 bits per heavy atom. The summed E-state index contributed by atoms with van der Waals surface area (Å²) in [5.41, 5.74) is 0.717. The number of aliphatic hydroxyl groups excluding tert-OH is 1. The number of morpholine rings is 1. The number of aromatic nitrogens is 2. The minimum Gasteiger partial charge on any atom is -0.497 e. The van der Waals surface area contributed by atoms with Gasteiger partial charge in [0.1, 0.15) is 11.5 Å². The average Bonchev–Trinajstić information content (AvgIpc) is 3.16. The predicted octanol–water partition coefficient (Wildman–Crippen LogP) is 1.54. The van der Waals surface area contributed by atoms with E-state index in [1.54, 1.807) is 32.4 Å². The van der Waals surface area contributed by atoms with E-state index in [0.29, 0.717) is 34.9 Å². The van der Waals surface area contributed by atoms with Crippen LogP contribution in [0.3, 0.4) is 0 Å². The lowest BCUT2D eigenvalue weighted by Gasteiger charge is -2.28. The molecule has 1 saturated heterocycles. The lowest BCUT2D eigenvalue weighted by molar-refractivity contribution is 0.0188. The van der Waals surface area contributed by atoms with Gasteiger partial charge in [-0.25, -0.2) is 0 Å². The minimum absolute atomic E-state index is 0.382. The third kappa shape index (κ3) is 5.10. The first-order chi connectivity index (χ1) is 12.7. The number of aliphatic hydroxyl groups is 1. The predicted molar refractivity (Wildman–Crippen MR) is 96.8 cm³/mol. The van der Waals surface area contributed by atoms with Crippen LogP contribution in [0, 0.1) is 0 Å². The molecule has 2 heterocycles. The van der Waals surface area contributed by atoms with Crippen molar-refractivity contribution in [2.45, 2.75) is 11.3 Å². The van der Waals surface area contributed by atoms with E-state index in [-0.39, 0.29) is 0 Å². The smallest absolute Gasteiger partial charge is 0.276 e. The van der Waals surface area contributed by atoms with Crippen LogP contribution in [0.1, 0.15) is 0 Å². The number of benzene rings is 1. The molecule has 0 amide bonds. The van der Waals surface area contributed by atoms with Gasteiger partial charge >= 0.3 is 0 Å². The minimum atomic E-state index is -0.467. The molecule has 1 aromatic carbocycles. The maximum atomic E-state index is 10.2. The van der Waals surface area contributed by atoms with Crippen molar-refractivity contribution in [1.29, 1.82) is 0 Å². The summed E-state index contributed by atoms with van der Waals surface area (Å²) in [7, 11) is 3.17. The Bertz CT molecular complexity index is 683. The Morgan fingerprint density at radius 1 is 1.15 bits per heavy atom. The van der Waals surface area contributed by atoms with Gasteiger partial charge in [0.25, 0.3) is 5.22 Å². The first-order valence-corrected chi connectivity index (χ1v) is 9.34. The normalized spacial score (nSPS) is 16.4.